The van der Waals surface area contributed by atoms with Crippen LogP contribution in [0.2, 0.25) is 0 Å². The molecular formula is C10H14. The van der Waals surface area contributed by atoms with Gasteiger partial charge in [-0.15, -0.1) is 6.58 Å². The summed E-state index contributed by atoms with van der Waals surface area (Å²) >= 11 is 0. The number of hydrogen-bond donors (Lipinski definition) is 0. The van der Waals surface area contributed by atoms with Gasteiger partial charge in [0, 0.05) is 5.92 Å². The number of hydrogen-bond acceptors (Lipinski definition) is 0. The van der Waals surface area contributed by atoms with Crippen LogP contribution in [0.15, 0.2) is 36.5 Å². The predicted molar refractivity (Wildman–Crippen MR) is 45.7 cm³/mol. The molecule has 0 saturated carbocycles. The molecule has 0 aromatic rings. The van der Waals surface area contributed by atoms with Gasteiger partial charge in [0.25, 0.3) is 0 Å². The second-order valence-electron chi connectivity index (χ2n) is 2.94. The van der Waals surface area contributed by atoms with E-state index in [9.17, 15) is 0 Å². The Morgan fingerprint density at radius 1 is 1.60 bits per heavy atom. The third kappa shape index (κ3) is 1.38. The molecule has 54 valence electrons. The SMILES string of the molecule is C=CC1C=CC(C)=CC1C. The highest BCUT2D eigenvalue weighted by Crippen LogP contribution is 2.22. The summed E-state index contributed by atoms with van der Waals surface area (Å²) < 4.78 is 0. The largest absolute Gasteiger partial charge is 0.102 e. The van der Waals surface area contributed by atoms with Crippen molar-refractivity contribution in [2.24, 2.45) is 11.8 Å². The van der Waals surface area contributed by atoms with Crippen LogP contribution in [0, 0.1) is 11.8 Å². The Balaban J connectivity index is 2.73. The minimum absolute atomic E-state index is 0.545. The van der Waals surface area contributed by atoms with Crippen molar-refractivity contribution >= 4 is 0 Å². The van der Waals surface area contributed by atoms with Gasteiger partial charge in [-0.1, -0.05) is 36.8 Å². The maximum Gasteiger partial charge on any atom is 0.000747 e. The Kier molecular flexibility index (Phi) is 2.10. The molecule has 0 N–H and O–H groups in total. The van der Waals surface area contributed by atoms with Crippen molar-refractivity contribution in [3.05, 3.63) is 36.5 Å². The lowest BCUT2D eigenvalue weighted by Crippen LogP contribution is -2.06. The summed E-state index contributed by atoms with van der Waals surface area (Å²) in [6.45, 7) is 8.13. The van der Waals surface area contributed by atoms with Crippen LogP contribution in [0.25, 0.3) is 0 Å². The van der Waals surface area contributed by atoms with Gasteiger partial charge in [-0.2, -0.15) is 0 Å². The zero-order valence-electron chi connectivity index (χ0n) is 6.67. The molecule has 1 rings (SSSR count). The lowest BCUT2D eigenvalue weighted by Gasteiger charge is -2.17. The number of rotatable bonds is 1. The second kappa shape index (κ2) is 2.87. The summed E-state index contributed by atoms with van der Waals surface area (Å²) in [6.07, 6.45) is 8.66. The highest BCUT2D eigenvalue weighted by molar-refractivity contribution is 5.25. The van der Waals surface area contributed by atoms with Crippen LogP contribution in [0.3, 0.4) is 0 Å². The first kappa shape index (κ1) is 7.33. The van der Waals surface area contributed by atoms with Crippen molar-refractivity contribution < 1.29 is 0 Å². The van der Waals surface area contributed by atoms with E-state index in [1.807, 2.05) is 6.08 Å². The Morgan fingerprint density at radius 2 is 2.30 bits per heavy atom. The van der Waals surface area contributed by atoms with Crippen LogP contribution in [0.5, 0.6) is 0 Å². The molecule has 1 aliphatic rings. The Labute approximate surface area is 62.9 Å². The summed E-state index contributed by atoms with van der Waals surface area (Å²) in [4.78, 5) is 0. The van der Waals surface area contributed by atoms with Gasteiger partial charge in [-0.3, -0.25) is 0 Å². The molecule has 10 heavy (non-hydrogen) atoms. The van der Waals surface area contributed by atoms with Gasteiger partial charge in [0.15, 0.2) is 0 Å². The molecule has 0 radical (unpaired) electrons. The Bertz CT molecular complexity index is 184. The van der Waals surface area contributed by atoms with Gasteiger partial charge in [0.1, 0.15) is 0 Å². The van der Waals surface area contributed by atoms with Gasteiger partial charge >= 0.3 is 0 Å². The van der Waals surface area contributed by atoms with E-state index in [1.54, 1.807) is 0 Å². The van der Waals surface area contributed by atoms with Crippen molar-refractivity contribution in [1.82, 2.24) is 0 Å². The van der Waals surface area contributed by atoms with E-state index in [4.69, 9.17) is 0 Å². The molecule has 0 aromatic carbocycles. The van der Waals surface area contributed by atoms with Crippen molar-refractivity contribution in [1.29, 1.82) is 0 Å². The molecule has 0 heteroatoms. The standard InChI is InChI=1S/C10H14/c1-4-10-6-5-8(2)7-9(10)3/h4-7,9-10H,1H2,2-3H3. The minimum atomic E-state index is 0.545. The van der Waals surface area contributed by atoms with Crippen LogP contribution >= 0.6 is 0 Å². The molecule has 2 atom stereocenters. The summed E-state index contributed by atoms with van der Waals surface area (Å²) in [5.74, 6) is 1.17. The molecule has 0 aromatic heterocycles. The van der Waals surface area contributed by atoms with Gasteiger partial charge in [0.2, 0.25) is 0 Å². The maximum atomic E-state index is 3.78. The zero-order valence-corrected chi connectivity index (χ0v) is 6.67. The molecule has 0 heterocycles. The van der Waals surface area contributed by atoms with Crippen molar-refractivity contribution in [2.45, 2.75) is 13.8 Å². The summed E-state index contributed by atoms with van der Waals surface area (Å²) in [5.41, 5.74) is 1.37. The second-order valence-corrected chi connectivity index (χ2v) is 2.94. The molecule has 0 amide bonds. The summed E-state index contributed by atoms with van der Waals surface area (Å²) in [7, 11) is 0. The van der Waals surface area contributed by atoms with Crippen molar-refractivity contribution in [2.75, 3.05) is 0 Å². The first-order valence-corrected chi connectivity index (χ1v) is 3.73. The summed E-state index contributed by atoms with van der Waals surface area (Å²) in [6, 6.07) is 0. The quantitative estimate of drug-likeness (QED) is 0.484. The monoisotopic (exact) mass is 134 g/mol. The molecule has 0 nitrogen and oxygen atoms in total. The zero-order chi connectivity index (χ0) is 7.56. The van der Waals surface area contributed by atoms with Crippen LogP contribution in [0.1, 0.15) is 13.8 Å². The van der Waals surface area contributed by atoms with E-state index in [2.05, 4.69) is 38.7 Å². The first-order valence-electron chi connectivity index (χ1n) is 3.73. The number of allylic oxidation sites excluding steroid dienone is 5. The normalized spacial score (nSPS) is 31.6. The molecule has 0 spiro atoms. The lowest BCUT2D eigenvalue weighted by molar-refractivity contribution is 0.602. The maximum absolute atomic E-state index is 3.78. The molecule has 0 saturated heterocycles. The first-order chi connectivity index (χ1) is 4.74. The Hall–Kier alpha value is -0.780. The highest BCUT2D eigenvalue weighted by Gasteiger charge is 2.10. The van der Waals surface area contributed by atoms with Gasteiger partial charge in [-0.25, -0.2) is 0 Å². The molecule has 0 bridgehead atoms. The van der Waals surface area contributed by atoms with Crippen molar-refractivity contribution in [3.8, 4) is 0 Å². The van der Waals surface area contributed by atoms with Crippen LogP contribution in [-0.4, -0.2) is 0 Å². The van der Waals surface area contributed by atoms with Crippen molar-refractivity contribution in [3.63, 3.8) is 0 Å². The smallest absolute Gasteiger partial charge is 0.000747 e. The van der Waals surface area contributed by atoms with E-state index in [0.29, 0.717) is 11.8 Å². The average molecular weight is 134 g/mol. The Morgan fingerprint density at radius 3 is 2.80 bits per heavy atom. The van der Waals surface area contributed by atoms with Crippen LogP contribution in [-0.2, 0) is 0 Å². The van der Waals surface area contributed by atoms with Gasteiger partial charge in [0.05, 0.1) is 0 Å². The van der Waals surface area contributed by atoms with E-state index in [0.717, 1.165) is 0 Å². The van der Waals surface area contributed by atoms with Gasteiger partial charge in [-0.05, 0) is 12.8 Å². The van der Waals surface area contributed by atoms with E-state index < -0.39 is 0 Å². The van der Waals surface area contributed by atoms with Crippen LogP contribution < -0.4 is 0 Å². The predicted octanol–water partition coefficient (Wildman–Crippen LogP) is 2.94. The molecule has 1 aliphatic carbocycles. The minimum Gasteiger partial charge on any atom is -0.102 e. The fraction of sp³-hybridized carbons (Fsp3) is 0.400. The molecular weight excluding hydrogens is 120 g/mol. The van der Waals surface area contributed by atoms with E-state index in [1.165, 1.54) is 5.57 Å². The average Bonchev–Trinajstić information content (AvgIpc) is 1.88. The molecule has 2 unspecified atom stereocenters. The third-order valence-electron chi connectivity index (χ3n) is 1.99. The topological polar surface area (TPSA) is 0 Å². The fourth-order valence-corrected chi connectivity index (χ4v) is 1.31. The summed E-state index contributed by atoms with van der Waals surface area (Å²) in [5, 5.41) is 0. The van der Waals surface area contributed by atoms with Gasteiger partial charge < -0.3 is 0 Å². The molecule has 0 fully saturated rings. The highest BCUT2D eigenvalue weighted by atomic mass is 14.2. The third-order valence-corrected chi connectivity index (χ3v) is 1.99. The van der Waals surface area contributed by atoms with E-state index >= 15 is 0 Å². The van der Waals surface area contributed by atoms with E-state index in [-0.39, 0.29) is 0 Å². The van der Waals surface area contributed by atoms with Crippen LogP contribution in [0.4, 0.5) is 0 Å². The lowest BCUT2D eigenvalue weighted by atomic mass is 9.88. The fourth-order valence-electron chi connectivity index (χ4n) is 1.31. The molecule has 0 aliphatic heterocycles.